The van der Waals surface area contributed by atoms with E-state index in [0.717, 1.165) is 13.1 Å². The lowest BCUT2D eigenvalue weighted by atomic mass is 10.2. The van der Waals surface area contributed by atoms with Gasteiger partial charge in [-0.3, -0.25) is 4.79 Å². The minimum Gasteiger partial charge on any atom is -0.492 e. The monoisotopic (exact) mass is 292 g/mol. The maximum absolute atomic E-state index is 12.2. The van der Waals surface area contributed by atoms with Crippen molar-refractivity contribution in [3.05, 3.63) is 29.8 Å². The van der Waals surface area contributed by atoms with Gasteiger partial charge in [-0.05, 0) is 30.9 Å². The Bertz CT molecular complexity index is 447. The van der Waals surface area contributed by atoms with Crippen LogP contribution < -0.4 is 15.4 Å². The summed E-state index contributed by atoms with van der Waals surface area (Å²) in [5, 5.41) is 6.08. The van der Waals surface area contributed by atoms with Crippen LogP contribution >= 0.6 is 0 Å². The molecule has 21 heavy (non-hydrogen) atoms. The molecule has 1 aliphatic rings. The summed E-state index contributed by atoms with van der Waals surface area (Å²) in [5.74, 6) is 1.26. The van der Waals surface area contributed by atoms with Gasteiger partial charge in [-0.2, -0.15) is 0 Å². The molecule has 116 valence electrons. The summed E-state index contributed by atoms with van der Waals surface area (Å²) < 4.78 is 10.7. The molecule has 5 heteroatoms. The number of nitrogens with one attached hydrogen (secondary N) is 2. The van der Waals surface area contributed by atoms with E-state index in [9.17, 15) is 4.79 Å². The molecule has 1 aromatic carbocycles. The maximum Gasteiger partial charge on any atom is 0.255 e. The average Bonchev–Trinajstić information content (AvgIpc) is 3.33. The average molecular weight is 292 g/mol. The van der Waals surface area contributed by atoms with Crippen molar-refractivity contribution in [1.29, 1.82) is 0 Å². The molecule has 0 saturated heterocycles. The molecule has 0 radical (unpaired) electrons. The second-order valence-corrected chi connectivity index (χ2v) is 5.25. The summed E-state index contributed by atoms with van der Waals surface area (Å²) in [5.41, 5.74) is 0.607. The third-order valence-electron chi connectivity index (χ3n) is 3.37. The zero-order valence-electron chi connectivity index (χ0n) is 12.6. The van der Waals surface area contributed by atoms with Gasteiger partial charge in [0.25, 0.3) is 5.91 Å². The summed E-state index contributed by atoms with van der Waals surface area (Å²) in [6.07, 6.45) is 2.48. The summed E-state index contributed by atoms with van der Waals surface area (Å²) in [7, 11) is 1.67. The summed E-state index contributed by atoms with van der Waals surface area (Å²) in [6, 6.07) is 7.41. The van der Waals surface area contributed by atoms with Gasteiger partial charge in [-0.15, -0.1) is 0 Å². The Hall–Kier alpha value is -1.59. The van der Waals surface area contributed by atoms with E-state index in [4.69, 9.17) is 9.47 Å². The molecule has 1 aromatic rings. The molecular weight excluding hydrogens is 268 g/mol. The van der Waals surface area contributed by atoms with Gasteiger partial charge in [-0.1, -0.05) is 12.1 Å². The molecule has 5 nitrogen and oxygen atoms in total. The lowest BCUT2D eigenvalue weighted by molar-refractivity contribution is 0.0949. The van der Waals surface area contributed by atoms with Gasteiger partial charge in [0, 0.05) is 26.7 Å². The smallest absolute Gasteiger partial charge is 0.255 e. The molecule has 0 heterocycles. The molecule has 1 amide bonds. The highest BCUT2D eigenvalue weighted by atomic mass is 16.5. The van der Waals surface area contributed by atoms with Gasteiger partial charge < -0.3 is 20.1 Å². The van der Waals surface area contributed by atoms with Gasteiger partial charge in [0.05, 0.1) is 18.8 Å². The molecule has 0 aromatic heterocycles. The minimum atomic E-state index is -0.0880. The van der Waals surface area contributed by atoms with E-state index in [-0.39, 0.29) is 5.91 Å². The van der Waals surface area contributed by atoms with Crippen LogP contribution in [0.3, 0.4) is 0 Å². The van der Waals surface area contributed by atoms with Crippen LogP contribution in [0.1, 0.15) is 23.2 Å². The van der Waals surface area contributed by atoms with Gasteiger partial charge in [-0.25, -0.2) is 0 Å². The summed E-state index contributed by atoms with van der Waals surface area (Å²) in [6.45, 7) is 3.47. The topological polar surface area (TPSA) is 59.6 Å². The first-order valence-corrected chi connectivity index (χ1v) is 7.51. The van der Waals surface area contributed by atoms with E-state index in [0.29, 0.717) is 37.0 Å². The fourth-order valence-corrected chi connectivity index (χ4v) is 1.93. The van der Waals surface area contributed by atoms with Crippen LogP contribution in [-0.2, 0) is 4.74 Å². The highest BCUT2D eigenvalue weighted by molar-refractivity contribution is 5.96. The number of hydrogen-bond donors (Lipinski definition) is 2. The molecule has 0 spiro atoms. The van der Waals surface area contributed by atoms with Crippen molar-refractivity contribution in [3.63, 3.8) is 0 Å². The van der Waals surface area contributed by atoms with Crippen LogP contribution in [0.5, 0.6) is 5.75 Å². The van der Waals surface area contributed by atoms with Crippen LogP contribution in [0.4, 0.5) is 0 Å². The fourth-order valence-electron chi connectivity index (χ4n) is 1.93. The molecule has 0 unspecified atom stereocenters. The van der Waals surface area contributed by atoms with Crippen LogP contribution in [0.2, 0.25) is 0 Å². The van der Waals surface area contributed by atoms with Crippen LogP contribution in [0.15, 0.2) is 24.3 Å². The number of carbonyl (C=O) groups is 1. The summed E-state index contributed by atoms with van der Waals surface area (Å²) in [4.78, 5) is 12.2. The Morgan fingerprint density at radius 1 is 1.24 bits per heavy atom. The van der Waals surface area contributed by atoms with Crippen LogP contribution in [-0.4, -0.2) is 45.9 Å². The SMILES string of the molecule is COCCNCCNC(=O)c1ccccc1OCC1CC1. The standard InChI is InChI=1S/C16H24N2O3/c1-20-11-10-17-8-9-18-16(19)14-4-2-3-5-15(14)21-12-13-6-7-13/h2-5,13,17H,6-12H2,1H3,(H,18,19). The van der Waals surface area contributed by atoms with Gasteiger partial charge in [0.15, 0.2) is 0 Å². The number of amides is 1. The van der Waals surface area contributed by atoms with Gasteiger partial charge in [0.2, 0.25) is 0 Å². The third kappa shape index (κ3) is 5.73. The minimum absolute atomic E-state index is 0.0880. The fraction of sp³-hybridized carbons (Fsp3) is 0.562. The second kappa shape index (κ2) is 8.64. The highest BCUT2D eigenvalue weighted by Gasteiger charge is 2.22. The quantitative estimate of drug-likeness (QED) is 0.641. The van der Waals surface area contributed by atoms with Gasteiger partial charge >= 0.3 is 0 Å². The number of rotatable bonds is 10. The Labute approximate surface area is 126 Å². The first-order chi connectivity index (χ1) is 10.3. The molecule has 1 fully saturated rings. The molecule has 0 aliphatic heterocycles. The Balaban J connectivity index is 1.75. The second-order valence-electron chi connectivity index (χ2n) is 5.25. The molecule has 2 N–H and O–H groups in total. The molecule has 1 aliphatic carbocycles. The van der Waals surface area contributed by atoms with Crippen molar-refractivity contribution in [3.8, 4) is 5.75 Å². The van der Waals surface area contributed by atoms with Crippen molar-refractivity contribution < 1.29 is 14.3 Å². The van der Waals surface area contributed by atoms with Crippen molar-refractivity contribution in [1.82, 2.24) is 10.6 Å². The lowest BCUT2D eigenvalue weighted by Gasteiger charge is -2.11. The number of para-hydroxylation sites is 1. The molecule has 0 bridgehead atoms. The Morgan fingerprint density at radius 2 is 2.05 bits per heavy atom. The number of benzene rings is 1. The van der Waals surface area contributed by atoms with E-state index in [2.05, 4.69) is 10.6 Å². The molecule has 2 rings (SSSR count). The molecule has 1 saturated carbocycles. The Kier molecular flexibility index (Phi) is 6.50. The van der Waals surface area contributed by atoms with Crippen LogP contribution in [0.25, 0.3) is 0 Å². The zero-order chi connectivity index (χ0) is 14.9. The summed E-state index contributed by atoms with van der Waals surface area (Å²) >= 11 is 0. The predicted octanol–water partition coefficient (Wildman–Crippen LogP) is 1.44. The Morgan fingerprint density at radius 3 is 2.81 bits per heavy atom. The van der Waals surface area contributed by atoms with Crippen LogP contribution in [0, 0.1) is 5.92 Å². The highest BCUT2D eigenvalue weighted by Crippen LogP contribution is 2.30. The molecule has 0 atom stereocenters. The van der Waals surface area contributed by atoms with E-state index in [1.807, 2.05) is 18.2 Å². The predicted molar refractivity (Wildman–Crippen MR) is 81.7 cm³/mol. The number of methoxy groups -OCH3 is 1. The van der Waals surface area contributed by atoms with E-state index in [1.54, 1.807) is 13.2 Å². The maximum atomic E-state index is 12.2. The first-order valence-electron chi connectivity index (χ1n) is 7.51. The zero-order valence-corrected chi connectivity index (χ0v) is 12.6. The van der Waals surface area contributed by atoms with Gasteiger partial charge in [0.1, 0.15) is 5.75 Å². The van der Waals surface area contributed by atoms with Crippen molar-refractivity contribution >= 4 is 5.91 Å². The number of hydrogen-bond acceptors (Lipinski definition) is 4. The van der Waals surface area contributed by atoms with E-state index < -0.39 is 0 Å². The molecular formula is C16H24N2O3. The van der Waals surface area contributed by atoms with E-state index in [1.165, 1.54) is 12.8 Å². The number of ether oxygens (including phenoxy) is 2. The van der Waals surface area contributed by atoms with Crippen molar-refractivity contribution in [2.24, 2.45) is 5.92 Å². The first kappa shape index (κ1) is 15.8. The van der Waals surface area contributed by atoms with Crippen molar-refractivity contribution in [2.45, 2.75) is 12.8 Å². The third-order valence-corrected chi connectivity index (χ3v) is 3.37. The van der Waals surface area contributed by atoms with E-state index >= 15 is 0 Å². The van der Waals surface area contributed by atoms with Crippen molar-refractivity contribution in [2.75, 3.05) is 40.0 Å². The normalized spacial score (nSPS) is 14.0. The lowest BCUT2D eigenvalue weighted by Crippen LogP contribution is -2.33. The number of carbonyl (C=O) groups excluding carboxylic acids is 1. The largest absolute Gasteiger partial charge is 0.492 e.